The Kier molecular flexibility index (Phi) is 8.32. The molecule has 0 unspecified atom stereocenters. The quantitative estimate of drug-likeness (QED) is 0.262. The Morgan fingerprint density at radius 3 is 1.88 bits per heavy atom. The molecule has 0 spiro atoms. The summed E-state index contributed by atoms with van der Waals surface area (Å²) in [6.45, 7) is -3.25. The van der Waals surface area contributed by atoms with Crippen molar-refractivity contribution in [2.75, 3.05) is 0 Å². The molecule has 0 bridgehead atoms. The van der Waals surface area contributed by atoms with E-state index in [9.17, 15) is 8.78 Å². The van der Waals surface area contributed by atoms with Crippen LogP contribution in [0.2, 0.25) is 0 Å². The zero-order chi connectivity index (χ0) is 23.3. The minimum Gasteiger partial charge on any atom is -0.301 e. The summed E-state index contributed by atoms with van der Waals surface area (Å²) in [5, 5.41) is 0. The number of unbranched alkanes of at least 4 members (excludes halogenated alkanes) is 1. The molecule has 1 nitrogen and oxygen atoms in total. The molecule has 33 heavy (non-hydrogen) atoms. The smallest absolute Gasteiger partial charge is 0.301 e. The minimum absolute atomic E-state index is 0.499. The van der Waals surface area contributed by atoms with E-state index in [1.807, 2.05) is 6.07 Å². The summed E-state index contributed by atoms with van der Waals surface area (Å²) in [7, 11) is 0. The van der Waals surface area contributed by atoms with Gasteiger partial charge in [0.2, 0.25) is 0 Å². The first kappa shape index (κ1) is 24.5. The van der Waals surface area contributed by atoms with Gasteiger partial charge in [0.1, 0.15) is 11.7 Å². The molecule has 2 saturated carbocycles. The van der Waals surface area contributed by atoms with Gasteiger partial charge in [-0.2, -0.15) is 8.78 Å². The highest BCUT2D eigenvalue weighted by atomic mass is 19.3. The van der Waals surface area contributed by atoms with E-state index in [0.29, 0.717) is 18.8 Å². The molecule has 0 radical (unpaired) electrons. The average molecular weight is 465 g/mol. The van der Waals surface area contributed by atoms with E-state index in [2.05, 4.69) is 0 Å². The summed E-state index contributed by atoms with van der Waals surface area (Å²) in [5.74, 6) is -1.67. The van der Waals surface area contributed by atoms with Crippen LogP contribution in [-0.4, -0.2) is 12.2 Å². The number of benzene rings is 1. The zero-order valence-electron chi connectivity index (χ0n) is 19.3. The van der Waals surface area contributed by atoms with Gasteiger partial charge in [-0.25, -0.2) is 8.78 Å². The third-order valence-electron chi connectivity index (χ3n) is 8.19. The van der Waals surface area contributed by atoms with Gasteiger partial charge in [0, 0.05) is 11.8 Å². The molecule has 2 fully saturated rings. The molecule has 0 N–H and O–H groups in total. The van der Waals surface area contributed by atoms with Gasteiger partial charge in [-0.1, -0.05) is 94.5 Å². The SMILES string of the molecule is FC1=CC(c2ccccc2)C=C(F)C1(OC(F)F)[C@H]1CC[C@H](CCCCC2CCCC2)CC1. The van der Waals surface area contributed by atoms with Gasteiger partial charge in [0.05, 0.1) is 0 Å². The fraction of sp³-hybridized carbons (Fsp3) is 0.643. The molecule has 182 valence electrons. The lowest BCUT2D eigenvalue weighted by atomic mass is 9.69. The van der Waals surface area contributed by atoms with Gasteiger partial charge >= 0.3 is 6.61 Å². The van der Waals surface area contributed by atoms with Crippen molar-refractivity contribution in [3.05, 3.63) is 59.7 Å². The average Bonchev–Trinajstić information content (AvgIpc) is 3.33. The third-order valence-corrected chi connectivity index (χ3v) is 8.19. The number of allylic oxidation sites excluding steroid dienone is 2. The molecule has 1 aromatic rings. The topological polar surface area (TPSA) is 9.23 Å². The number of ether oxygens (including phenoxy) is 1. The molecule has 3 aliphatic rings. The second-order valence-electron chi connectivity index (χ2n) is 10.2. The highest BCUT2D eigenvalue weighted by Gasteiger charge is 2.53. The first-order chi connectivity index (χ1) is 16.0. The van der Waals surface area contributed by atoms with Gasteiger partial charge in [-0.3, -0.25) is 0 Å². The number of halogens is 4. The normalized spacial score (nSPS) is 31.0. The molecular weight excluding hydrogens is 428 g/mol. The lowest BCUT2D eigenvalue weighted by molar-refractivity contribution is -0.215. The predicted octanol–water partition coefficient (Wildman–Crippen LogP) is 9.03. The highest BCUT2D eigenvalue weighted by Crippen LogP contribution is 2.51. The molecule has 0 aromatic heterocycles. The Labute approximate surface area is 195 Å². The number of hydrogen-bond donors (Lipinski definition) is 0. The van der Waals surface area contributed by atoms with Gasteiger partial charge < -0.3 is 4.74 Å². The lowest BCUT2D eigenvalue weighted by Gasteiger charge is -2.43. The van der Waals surface area contributed by atoms with Gasteiger partial charge in [-0.05, 0) is 42.4 Å². The molecule has 0 saturated heterocycles. The van der Waals surface area contributed by atoms with Crippen molar-refractivity contribution in [3.8, 4) is 0 Å². The summed E-state index contributed by atoms with van der Waals surface area (Å²) >= 11 is 0. The Hall–Kier alpha value is -1.62. The van der Waals surface area contributed by atoms with Crippen LogP contribution in [0.4, 0.5) is 17.6 Å². The van der Waals surface area contributed by atoms with E-state index in [4.69, 9.17) is 4.74 Å². The second-order valence-corrected chi connectivity index (χ2v) is 10.2. The van der Waals surface area contributed by atoms with Crippen LogP contribution in [-0.2, 0) is 4.74 Å². The zero-order valence-corrected chi connectivity index (χ0v) is 19.3. The largest absolute Gasteiger partial charge is 0.346 e. The second kappa shape index (κ2) is 11.2. The molecule has 1 aromatic carbocycles. The number of hydrogen-bond acceptors (Lipinski definition) is 1. The maximum Gasteiger partial charge on any atom is 0.346 e. The molecule has 0 amide bonds. The first-order valence-corrected chi connectivity index (χ1v) is 12.8. The van der Waals surface area contributed by atoms with E-state index >= 15 is 8.78 Å². The van der Waals surface area contributed by atoms with Crippen molar-refractivity contribution in [2.45, 2.75) is 95.2 Å². The molecule has 5 heteroatoms. The third kappa shape index (κ3) is 5.72. The van der Waals surface area contributed by atoms with Crippen molar-refractivity contribution in [1.82, 2.24) is 0 Å². The van der Waals surface area contributed by atoms with Gasteiger partial charge in [-0.15, -0.1) is 0 Å². The number of alkyl halides is 2. The van der Waals surface area contributed by atoms with Gasteiger partial charge in [0.25, 0.3) is 0 Å². The molecule has 4 rings (SSSR count). The Bertz CT molecular complexity index is 784. The van der Waals surface area contributed by atoms with Crippen LogP contribution in [0.1, 0.15) is 88.5 Å². The Morgan fingerprint density at radius 2 is 1.33 bits per heavy atom. The van der Waals surface area contributed by atoms with Crippen LogP contribution in [0.15, 0.2) is 54.1 Å². The molecule has 0 aliphatic heterocycles. The highest BCUT2D eigenvalue weighted by molar-refractivity contribution is 5.41. The lowest BCUT2D eigenvalue weighted by Crippen LogP contribution is -2.47. The summed E-state index contributed by atoms with van der Waals surface area (Å²) in [6.07, 6.45) is 15.5. The fourth-order valence-corrected chi connectivity index (χ4v) is 6.35. The summed E-state index contributed by atoms with van der Waals surface area (Å²) in [4.78, 5) is 0. The summed E-state index contributed by atoms with van der Waals surface area (Å²) in [5.41, 5.74) is -1.57. The van der Waals surface area contributed by atoms with E-state index < -0.39 is 35.7 Å². The Morgan fingerprint density at radius 1 is 0.788 bits per heavy atom. The minimum atomic E-state index is -3.25. The molecular formula is C28H36F4O. The maximum atomic E-state index is 15.4. The van der Waals surface area contributed by atoms with Crippen molar-refractivity contribution in [2.24, 2.45) is 17.8 Å². The summed E-state index contributed by atoms with van der Waals surface area (Å²) in [6, 6.07) is 8.96. The molecule has 3 aliphatic carbocycles. The maximum absolute atomic E-state index is 15.4. The van der Waals surface area contributed by atoms with Crippen LogP contribution in [0.3, 0.4) is 0 Å². The van der Waals surface area contributed by atoms with E-state index in [1.54, 1.807) is 24.3 Å². The fourth-order valence-electron chi connectivity index (χ4n) is 6.35. The van der Waals surface area contributed by atoms with Gasteiger partial charge in [0.15, 0.2) is 5.60 Å². The standard InChI is InChI=1S/C28H36F4O/c29-25-18-23(22-12-2-1-3-13-22)19-26(30)28(25,33-27(31)32)24-16-14-21(15-17-24)11-7-6-10-20-8-4-5-9-20/h1-3,12-13,18-21,23-24,27H,4-11,14-17H2/t21-,23?,24-,28?. The van der Waals surface area contributed by atoms with Crippen LogP contribution >= 0.6 is 0 Å². The van der Waals surface area contributed by atoms with Crippen molar-refractivity contribution in [3.63, 3.8) is 0 Å². The van der Waals surface area contributed by atoms with E-state index in [-0.39, 0.29) is 0 Å². The van der Waals surface area contributed by atoms with Crippen LogP contribution in [0, 0.1) is 17.8 Å². The molecule has 0 atom stereocenters. The van der Waals surface area contributed by atoms with Crippen LogP contribution < -0.4 is 0 Å². The molecule has 0 heterocycles. The summed E-state index contributed by atoms with van der Waals surface area (Å²) < 4.78 is 62.5. The first-order valence-electron chi connectivity index (χ1n) is 12.8. The van der Waals surface area contributed by atoms with Crippen LogP contribution in [0.5, 0.6) is 0 Å². The Balaban J connectivity index is 1.38. The van der Waals surface area contributed by atoms with Crippen molar-refractivity contribution < 1.29 is 22.3 Å². The van der Waals surface area contributed by atoms with Crippen molar-refractivity contribution in [1.29, 1.82) is 0 Å². The van der Waals surface area contributed by atoms with Crippen molar-refractivity contribution >= 4 is 0 Å². The van der Waals surface area contributed by atoms with E-state index in [0.717, 1.165) is 30.7 Å². The van der Waals surface area contributed by atoms with Crippen LogP contribution in [0.25, 0.3) is 0 Å². The monoisotopic (exact) mass is 464 g/mol. The number of rotatable bonds is 9. The predicted molar refractivity (Wildman–Crippen MR) is 123 cm³/mol. The van der Waals surface area contributed by atoms with E-state index in [1.165, 1.54) is 57.1 Å².